The predicted octanol–water partition coefficient (Wildman–Crippen LogP) is 3.46. The Morgan fingerprint density at radius 3 is 2.53 bits per heavy atom. The van der Waals surface area contributed by atoms with Crippen LogP contribution in [0.15, 0.2) is 54.6 Å². The second-order valence-corrected chi connectivity index (χ2v) is 3.74. The molecule has 0 fully saturated rings. The van der Waals surface area contributed by atoms with Crippen molar-refractivity contribution in [1.29, 1.82) is 0 Å². The highest BCUT2D eigenvalue weighted by Crippen LogP contribution is 2.24. The maximum atomic E-state index is 13.7. The van der Waals surface area contributed by atoms with Gasteiger partial charge in [0.05, 0.1) is 0 Å². The van der Waals surface area contributed by atoms with Gasteiger partial charge in [-0.3, -0.25) is 0 Å². The highest BCUT2D eigenvalue weighted by Gasteiger charge is 2.04. The molecule has 2 aromatic carbocycles. The van der Waals surface area contributed by atoms with Gasteiger partial charge in [-0.25, -0.2) is 4.39 Å². The van der Waals surface area contributed by atoms with E-state index in [1.807, 2.05) is 48.6 Å². The largest absolute Gasteiger partial charge is 0.327 e. The van der Waals surface area contributed by atoms with Crippen LogP contribution in [-0.2, 0) is 0 Å². The van der Waals surface area contributed by atoms with Crippen LogP contribution >= 0.6 is 0 Å². The third-order valence-electron chi connectivity index (χ3n) is 2.52. The van der Waals surface area contributed by atoms with Crippen molar-refractivity contribution in [3.63, 3.8) is 0 Å². The summed E-state index contributed by atoms with van der Waals surface area (Å²) in [5, 5.41) is 0. The van der Waals surface area contributed by atoms with Gasteiger partial charge in [0.25, 0.3) is 0 Å². The first-order valence-electron chi connectivity index (χ1n) is 5.53. The molecule has 0 aliphatic rings. The average molecular weight is 227 g/mol. The highest BCUT2D eigenvalue weighted by atomic mass is 19.1. The van der Waals surface area contributed by atoms with Gasteiger partial charge in [0.2, 0.25) is 0 Å². The van der Waals surface area contributed by atoms with E-state index in [2.05, 4.69) is 0 Å². The summed E-state index contributed by atoms with van der Waals surface area (Å²) in [5.74, 6) is -0.207. The van der Waals surface area contributed by atoms with E-state index in [1.54, 1.807) is 6.07 Å². The van der Waals surface area contributed by atoms with Crippen LogP contribution in [-0.4, -0.2) is 6.54 Å². The Kier molecular flexibility index (Phi) is 3.68. The Labute approximate surface area is 100 Å². The SMILES string of the molecule is NC/C=C/c1ccc(F)c(-c2ccccc2)c1. The molecular weight excluding hydrogens is 213 g/mol. The molecule has 1 nitrogen and oxygen atoms in total. The van der Waals surface area contributed by atoms with E-state index in [1.165, 1.54) is 6.07 Å². The van der Waals surface area contributed by atoms with Gasteiger partial charge in [-0.2, -0.15) is 0 Å². The maximum absolute atomic E-state index is 13.7. The van der Waals surface area contributed by atoms with Gasteiger partial charge < -0.3 is 5.73 Å². The van der Waals surface area contributed by atoms with Crippen LogP contribution in [0.4, 0.5) is 4.39 Å². The van der Waals surface area contributed by atoms with E-state index < -0.39 is 0 Å². The Bertz CT molecular complexity index is 518. The lowest BCUT2D eigenvalue weighted by Crippen LogP contribution is -1.92. The van der Waals surface area contributed by atoms with E-state index >= 15 is 0 Å². The molecule has 0 saturated heterocycles. The minimum absolute atomic E-state index is 0.207. The van der Waals surface area contributed by atoms with Crippen molar-refractivity contribution in [3.8, 4) is 11.1 Å². The molecule has 0 heterocycles. The standard InChI is InChI=1S/C15H14FN/c16-15-9-8-12(5-4-10-17)11-14(15)13-6-2-1-3-7-13/h1-9,11H,10,17H2/b5-4+. The second-order valence-electron chi connectivity index (χ2n) is 3.74. The summed E-state index contributed by atoms with van der Waals surface area (Å²) in [6.07, 6.45) is 3.74. The molecule has 0 radical (unpaired) electrons. The van der Waals surface area contributed by atoms with E-state index in [-0.39, 0.29) is 5.82 Å². The molecule has 17 heavy (non-hydrogen) atoms. The molecule has 2 rings (SSSR count). The summed E-state index contributed by atoms with van der Waals surface area (Å²) < 4.78 is 13.7. The van der Waals surface area contributed by atoms with Gasteiger partial charge in [-0.15, -0.1) is 0 Å². The zero-order valence-corrected chi connectivity index (χ0v) is 9.44. The zero-order valence-electron chi connectivity index (χ0n) is 9.44. The number of benzene rings is 2. The fourth-order valence-corrected chi connectivity index (χ4v) is 1.69. The minimum Gasteiger partial charge on any atom is -0.327 e. The molecule has 86 valence electrons. The topological polar surface area (TPSA) is 26.0 Å². The number of hydrogen-bond donors (Lipinski definition) is 1. The second kappa shape index (κ2) is 5.41. The lowest BCUT2D eigenvalue weighted by Gasteiger charge is -2.04. The summed E-state index contributed by atoms with van der Waals surface area (Å²) >= 11 is 0. The monoisotopic (exact) mass is 227 g/mol. The molecule has 0 spiro atoms. The van der Waals surface area contributed by atoms with Crippen LogP contribution in [0.2, 0.25) is 0 Å². The third kappa shape index (κ3) is 2.80. The molecule has 0 atom stereocenters. The third-order valence-corrected chi connectivity index (χ3v) is 2.52. The van der Waals surface area contributed by atoms with Crippen molar-refractivity contribution in [1.82, 2.24) is 0 Å². The number of halogens is 1. The zero-order chi connectivity index (χ0) is 12.1. The van der Waals surface area contributed by atoms with Crippen molar-refractivity contribution in [2.45, 2.75) is 0 Å². The quantitative estimate of drug-likeness (QED) is 0.853. The molecule has 0 aromatic heterocycles. The maximum Gasteiger partial charge on any atom is 0.131 e. The Morgan fingerprint density at radius 1 is 1.06 bits per heavy atom. The summed E-state index contributed by atoms with van der Waals surface area (Å²) in [5.41, 5.74) is 7.85. The Hall–Kier alpha value is -1.93. The van der Waals surface area contributed by atoms with E-state index in [9.17, 15) is 4.39 Å². The highest BCUT2D eigenvalue weighted by molar-refractivity contribution is 5.68. The van der Waals surface area contributed by atoms with Gasteiger partial charge in [0, 0.05) is 12.1 Å². The van der Waals surface area contributed by atoms with Gasteiger partial charge >= 0.3 is 0 Å². The number of hydrogen-bond acceptors (Lipinski definition) is 1. The van der Waals surface area contributed by atoms with Crippen LogP contribution in [0.25, 0.3) is 17.2 Å². The van der Waals surface area contributed by atoms with Crippen molar-refractivity contribution in [2.75, 3.05) is 6.54 Å². The fraction of sp³-hybridized carbons (Fsp3) is 0.0667. The van der Waals surface area contributed by atoms with Crippen LogP contribution in [0.5, 0.6) is 0 Å². The van der Waals surface area contributed by atoms with Gasteiger partial charge in [0.1, 0.15) is 5.82 Å². The van der Waals surface area contributed by atoms with Crippen molar-refractivity contribution >= 4 is 6.08 Å². The first kappa shape index (κ1) is 11.6. The van der Waals surface area contributed by atoms with E-state index in [0.717, 1.165) is 11.1 Å². The van der Waals surface area contributed by atoms with Crippen LogP contribution in [0.3, 0.4) is 0 Å². The molecular formula is C15H14FN. The molecule has 0 bridgehead atoms. The van der Waals surface area contributed by atoms with Crippen LogP contribution in [0.1, 0.15) is 5.56 Å². The Balaban J connectivity index is 2.43. The molecule has 0 unspecified atom stereocenters. The van der Waals surface area contributed by atoms with Gasteiger partial charge in [0.15, 0.2) is 0 Å². The van der Waals surface area contributed by atoms with Crippen LogP contribution in [0, 0.1) is 5.82 Å². The first-order chi connectivity index (χ1) is 8.31. The summed E-state index contributed by atoms with van der Waals surface area (Å²) in [6.45, 7) is 0.484. The molecule has 0 saturated carbocycles. The smallest absolute Gasteiger partial charge is 0.131 e. The average Bonchev–Trinajstić information content (AvgIpc) is 2.39. The molecule has 2 N–H and O–H groups in total. The lowest BCUT2D eigenvalue weighted by atomic mass is 10.0. The van der Waals surface area contributed by atoms with Crippen LogP contribution < -0.4 is 5.73 Å². The summed E-state index contributed by atoms with van der Waals surface area (Å²) in [6, 6.07) is 14.6. The van der Waals surface area contributed by atoms with Crippen molar-refractivity contribution in [2.24, 2.45) is 5.73 Å². The normalized spacial score (nSPS) is 10.9. The molecule has 0 aliphatic carbocycles. The first-order valence-corrected chi connectivity index (χ1v) is 5.53. The molecule has 0 amide bonds. The molecule has 2 heteroatoms. The van der Waals surface area contributed by atoms with Crippen molar-refractivity contribution < 1.29 is 4.39 Å². The number of rotatable bonds is 3. The van der Waals surface area contributed by atoms with E-state index in [0.29, 0.717) is 12.1 Å². The molecule has 0 aliphatic heterocycles. The summed E-state index contributed by atoms with van der Waals surface area (Å²) in [7, 11) is 0. The van der Waals surface area contributed by atoms with Crippen molar-refractivity contribution in [3.05, 3.63) is 66.0 Å². The van der Waals surface area contributed by atoms with E-state index in [4.69, 9.17) is 5.73 Å². The Morgan fingerprint density at radius 2 is 1.82 bits per heavy atom. The van der Waals surface area contributed by atoms with Gasteiger partial charge in [-0.05, 0) is 23.3 Å². The minimum atomic E-state index is -0.207. The predicted molar refractivity (Wildman–Crippen MR) is 69.9 cm³/mol. The summed E-state index contributed by atoms with van der Waals surface area (Å²) in [4.78, 5) is 0. The number of nitrogens with two attached hydrogens (primary N) is 1. The fourth-order valence-electron chi connectivity index (χ4n) is 1.69. The van der Waals surface area contributed by atoms with Gasteiger partial charge in [-0.1, -0.05) is 48.6 Å². The lowest BCUT2D eigenvalue weighted by molar-refractivity contribution is 0.631. The molecule has 2 aromatic rings.